The fourth-order valence-corrected chi connectivity index (χ4v) is 2.63. The molecule has 0 radical (unpaired) electrons. The summed E-state index contributed by atoms with van der Waals surface area (Å²) in [5.41, 5.74) is 1.18. The molecule has 1 fully saturated rings. The van der Waals surface area contributed by atoms with Crippen molar-refractivity contribution >= 4 is 5.88 Å². The minimum absolute atomic E-state index is 0.0287. The van der Waals surface area contributed by atoms with E-state index in [1.165, 1.54) is 5.56 Å². The summed E-state index contributed by atoms with van der Waals surface area (Å²) in [4.78, 5) is 8.79. The molecule has 2 heterocycles. The Morgan fingerprint density at radius 1 is 1.14 bits per heavy atom. The monoisotopic (exact) mass is 287 g/mol. The molecule has 0 amide bonds. The first-order valence-corrected chi connectivity index (χ1v) is 7.25. The van der Waals surface area contributed by atoms with Gasteiger partial charge >= 0.3 is 0 Å². The first kappa shape index (κ1) is 14.1. The zero-order chi connectivity index (χ0) is 14.7. The first-order chi connectivity index (χ1) is 10.3. The third kappa shape index (κ3) is 3.09. The Kier molecular flexibility index (Phi) is 4.22. The highest BCUT2D eigenvalue weighted by atomic mass is 16.5. The van der Waals surface area contributed by atoms with Gasteiger partial charge in [0, 0.05) is 13.1 Å². The van der Waals surface area contributed by atoms with Crippen molar-refractivity contribution in [3.8, 4) is 0 Å². The molecule has 1 saturated heterocycles. The fraction of sp³-hybridized carbons (Fsp3) is 0.438. The van der Waals surface area contributed by atoms with Gasteiger partial charge in [0.2, 0.25) is 11.8 Å². The largest absolute Gasteiger partial charge is 0.423 e. The number of anilines is 1. The molecule has 1 atom stereocenters. The van der Waals surface area contributed by atoms with Gasteiger partial charge in [0.05, 0.1) is 19.4 Å². The molecular formula is C16H21N3O2. The Hall–Kier alpha value is -1.85. The molecule has 1 aromatic carbocycles. The third-order valence-electron chi connectivity index (χ3n) is 3.70. The molecular weight excluding hydrogens is 266 g/mol. The maximum atomic E-state index is 6.02. The lowest BCUT2D eigenvalue weighted by Gasteiger charge is -2.26. The third-order valence-corrected chi connectivity index (χ3v) is 3.70. The molecule has 0 N–H and O–H groups in total. The summed E-state index contributed by atoms with van der Waals surface area (Å²) in [6, 6.07) is 10.3. The standard InChI is InChI=1S/C16H21N3O2/c1-18(2)15(13-6-4-3-5-7-13)16-17-12-14(21-16)19-8-10-20-11-9-19/h3-7,12,15H,8-11H2,1-2H3. The Labute approximate surface area is 125 Å². The predicted octanol–water partition coefficient (Wildman–Crippen LogP) is 2.16. The van der Waals surface area contributed by atoms with Gasteiger partial charge in [0.15, 0.2) is 0 Å². The lowest BCUT2D eigenvalue weighted by molar-refractivity contribution is 0.120. The molecule has 0 aliphatic carbocycles. The van der Waals surface area contributed by atoms with Crippen LogP contribution in [0.2, 0.25) is 0 Å². The van der Waals surface area contributed by atoms with Gasteiger partial charge in [-0.1, -0.05) is 30.3 Å². The molecule has 2 aromatic rings. The Morgan fingerprint density at radius 3 is 2.52 bits per heavy atom. The average Bonchev–Trinajstić information content (AvgIpc) is 2.98. The Bertz CT molecular complexity index is 562. The maximum absolute atomic E-state index is 6.02. The van der Waals surface area contributed by atoms with E-state index in [4.69, 9.17) is 9.15 Å². The van der Waals surface area contributed by atoms with Crippen molar-refractivity contribution in [1.29, 1.82) is 0 Å². The second-order valence-corrected chi connectivity index (χ2v) is 5.41. The van der Waals surface area contributed by atoms with Crippen LogP contribution in [0.5, 0.6) is 0 Å². The summed E-state index contributed by atoms with van der Waals surface area (Å²) in [7, 11) is 4.08. The summed E-state index contributed by atoms with van der Waals surface area (Å²) in [6.45, 7) is 3.19. The highest BCUT2D eigenvalue weighted by molar-refractivity contribution is 5.34. The van der Waals surface area contributed by atoms with Gasteiger partial charge in [-0.05, 0) is 19.7 Å². The van der Waals surface area contributed by atoms with Crippen LogP contribution in [-0.2, 0) is 4.74 Å². The van der Waals surface area contributed by atoms with Crippen LogP contribution in [0, 0.1) is 0 Å². The van der Waals surface area contributed by atoms with E-state index in [9.17, 15) is 0 Å². The smallest absolute Gasteiger partial charge is 0.218 e. The molecule has 21 heavy (non-hydrogen) atoms. The van der Waals surface area contributed by atoms with E-state index < -0.39 is 0 Å². The van der Waals surface area contributed by atoms with Crippen molar-refractivity contribution in [2.24, 2.45) is 0 Å². The Balaban J connectivity index is 1.85. The van der Waals surface area contributed by atoms with Gasteiger partial charge in [-0.2, -0.15) is 0 Å². The number of benzene rings is 1. The molecule has 5 nitrogen and oxygen atoms in total. The van der Waals surface area contributed by atoms with E-state index in [1.54, 1.807) is 0 Å². The number of morpholine rings is 1. The van der Waals surface area contributed by atoms with Crippen LogP contribution in [0.15, 0.2) is 40.9 Å². The van der Waals surface area contributed by atoms with Crippen LogP contribution in [-0.4, -0.2) is 50.3 Å². The number of nitrogens with zero attached hydrogens (tertiary/aromatic N) is 3. The summed E-state index contributed by atoms with van der Waals surface area (Å²) in [5, 5.41) is 0. The van der Waals surface area contributed by atoms with Crippen LogP contribution in [0.3, 0.4) is 0 Å². The van der Waals surface area contributed by atoms with Gasteiger partial charge < -0.3 is 14.1 Å². The van der Waals surface area contributed by atoms with Crippen LogP contribution < -0.4 is 4.90 Å². The molecule has 1 unspecified atom stereocenters. The lowest BCUT2D eigenvalue weighted by Crippen LogP contribution is -2.35. The van der Waals surface area contributed by atoms with Gasteiger partial charge in [0.1, 0.15) is 6.04 Å². The summed E-state index contributed by atoms with van der Waals surface area (Å²) in [5.74, 6) is 1.56. The van der Waals surface area contributed by atoms with Crippen LogP contribution >= 0.6 is 0 Å². The van der Waals surface area contributed by atoms with Crippen LogP contribution in [0.4, 0.5) is 5.88 Å². The highest BCUT2D eigenvalue weighted by Gasteiger charge is 2.23. The molecule has 1 aliphatic rings. The van der Waals surface area contributed by atoms with Crippen molar-refractivity contribution in [2.45, 2.75) is 6.04 Å². The molecule has 112 valence electrons. The van der Waals surface area contributed by atoms with E-state index in [0.29, 0.717) is 0 Å². The second-order valence-electron chi connectivity index (χ2n) is 5.41. The van der Waals surface area contributed by atoms with E-state index >= 15 is 0 Å². The Morgan fingerprint density at radius 2 is 1.86 bits per heavy atom. The van der Waals surface area contributed by atoms with Crippen molar-refractivity contribution in [3.63, 3.8) is 0 Å². The van der Waals surface area contributed by atoms with Gasteiger partial charge in [-0.3, -0.25) is 4.90 Å². The molecule has 5 heteroatoms. The van der Waals surface area contributed by atoms with Crippen molar-refractivity contribution < 1.29 is 9.15 Å². The topological polar surface area (TPSA) is 41.7 Å². The van der Waals surface area contributed by atoms with Gasteiger partial charge in [-0.25, -0.2) is 4.98 Å². The van der Waals surface area contributed by atoms with Crippen molar-refractivity contribution in [1.82, 2.24) is 9.88 Å². The molecule has 1 aromatic heterocycles. The number of hydrogen-bond donors (Lipinski definition) is 0. The normalized spacial score (nSPS) is 17.2. The number of rotatable bonds is 4. The number of ether oxygens (including phenoxy) is 1. The molecule has 1 aliphatic heterocycles. The minimum Gasteiger partial charge on any atom is -0.423 e. The fourth-order valence-electron chi connectivity index (χ4n) is 2.63. The van der Waals surface area contributed by atoms with Crippen LogP contribution in [0.1, 0.15) is 17.5 Å². The lowest BCUT2D eigenvalue weighted by atomic mass is 10.1. The number of aromatic nitrogens is 1. The number of oxazole rings is 1. The van der Waals surface area contributed by atoms with Gasteiger partial charge in [0.25, 0.3) is 0 Å². The quantitative estimate of drug-likeness (QED) is 0.862. The maximum Gasteiger partial charge on any atom is 0.218 e. The van der Waals surface area contributed by atoms with Crippen LogP contribution in [0.25, 0.3) is 0 Å². The van der Waals surface area contributed by atoms with Crippen molar-refractivity contribution in [2.75, 3.05) is 45.3 Å². The van der Waals surface area contributed by atoms with E-state index in [-0.39, 0.29) is 6.04 Å². The average molecular weight is 287 g/mol. The SMILES string of the molecule is CN(C)C(c1ccccc1)c1ncc(N2CCOCC2)o1. The minimum atomic E-state index is 0.0287. The highest BCUT2D eigenvalue weighted by Crippen LogP contribution is 2.28. The van der Waals surface area contributed by atoms with E-state index in [2.05, 4.69) is 26.9 Å². The van der Waals surface area contributed by atoms with E-state index in [1.807, 2.05) is 38.5 Å². The van der Waals surface area contributed by atoms with E-state index in [0.717, 1.165) is 38.1 Å². The predicted molar refractivity (Wildman–Crippen MR) is 81.5 cm³/mol. The first-order valence-electron chi connectivity index (χ1n) is 7.25. The summed E-state index contributed by atoms with van der Waals surface area (Å²) < 4.78 is 11.4. The zero-order valence-electron chi connectivity index (χ0n) is 12.5. The molecule has 0 bridgehead atoms. The molecule has 0 saturated carbocycles. The second kappa shape index (κ2) is 6.28. The summed E-state index contributed by atoms with van der Waals surface area (Å²) in [6.07, 6.45) is 1.82. The van der Waals surface area contributed by atoms with Crippen molar-refractivity contribution in [3.05, 3.63) is 48.0 Å². The molecule has 3 rings (SSSR count). The summed E-state index contributed by atoms with van der Waals surface area (Å²) >= 11 is 0. The molecule has 0 spiro atoms. The number of hydrogen-bond acceptors (Lipinski definition) is 5. The van der Waals surface area contributed by atoms with Gasteiger partial charge in [-0.15, -0.1) is 0 Å². The zero-order valence-corrected chi connectivity index (χ0v) is 12.5.